The Morgan fingerprint density at radius 3 is 2.00 bits per heavy atom. The van der Waals surface area contributed by atoms with Crippen LogP contribution in [-0.2, 0) is 0 Å². The number of hydrogen-bond acceptors (Lipinski definition) is 0. The quantitative estimate of drug-likeness (QED) is 0.573. The fourth-order valence-corrected chi connectivity index (χ4v) is 4.74. The van der Waals surface area contributed by atoms with E-state index in [-0.39, 0.29) is 0 Å². The van der Waals surface area contributed by atoms with Crippen LogP contribution in [0.4, 0.5) is 0 Å². The van der Waals surface area contributed by atoms with E-state index < -0.39 is 0 Å². The third-order valence-corrected chi connectivity index (χ3v) is 6.28. The van der Waals surface area contributed by atoms with Gasteiger partial charge in [0.05, 0.1) is 0 Å². The van der Waals surface area contributed by atoms with Crippen LogP contribution in [0.1, 0.15) is 48.0 Å². The highest BCUT2D eigenvalue weighted by molar-refractivity contribution is 5.21. The van der Waals surface area contributed by atoms with E-state index >= 15 is 0 Å². The first-order valence-corrected chi connectivity index (χ1v) is 5.89. The zero-order valence-corrected chi connectivity index (χ0v) is 10.0. The normalized spacial score (nSPS) is 57.7. The predicted octanol–water partition coefficient (Wildman–Crippen LogP) is 3.96. The molecule has 0 amide bonds. The standard InChI is InChI=1S/C13H24/c1-7-10-8(2)13(6)11(10)9(3)12(13,4)5/h8-11H,7H2,1-6H3. The van der Waals surface area contributed by atoms with Crippen molar-refractivity contribution in [3.63, 3.8) is 0 Å². The Hall–Kier alpha value is 0. The molecule has 0 aromatic heterocycles. The van der Waals surface area contributed by atoms with Crippen molar-refractivity contribution in [2.24, 2.45) is 34.5 Å². The highest BCUT2D eigenvalue weighted by Gasteiger charge is 2.73. The highest BCUT2D eigenvalue weighted by atomic mass is 14.8. The average Bonchev–Trinajstić information content (AvgIpc) is 2.10. The topological polar surface area (TPSA) is 0 Å². The van der Waals surface area contributed by atoms with Crippen LogP contribution in [-0.4, -0.2) is 0 Å². The minimum absolute atomic E-state index is 0.586. The minimum atomic E-state index is 0.586. The first kappa shape index (κ1) is 9.55. The first-order chi connectivity index (χ1) is 5.89. The molecule has 0 heterocycles. The largest absolute Gasteiger partial charge is 0.0651 e. The van der Waals surface area contributed by atoms with E-state index in [0.29, 0.717) is 10.8 Å². The third-order valence-electron chi connectivity index (χ3n) is 6.28. The Labute approximate surface area is 83.1 Å². The van der Waals surface area contributed by atoms with Crippen LogP contribution in [0.25, 0.3) is 0 Å². The molecule has 76 valence electrons. The third kappa shape index (κ3) is 0.714. The van der Waals surface area contributed by atoms with Gasteiger partial charge in [-0.3, -0.25) is 0 Å². The lowest BCUT2D eigenvalue weighted by molar-refractivity contribution is -0.316. The molecule has 0 aromatic rings. The lowest BCUT2D eigenvalue weighted by Crippen LogP contribution is -2.74. The van der Waals surface area contributed by atoms with Crippen molar-refractivity contribution in [2.45, 2.75) is 48.0 Å². The first-order valence-electron chi connectivity index (χ1n) is 5.89. The van der Waals surface area contributed by atoms with Gasteiger partial charge < -0.3 is 0 Å². The van der Waals surface area contributed by atoms with Crippen LogP contribution in [0.5, 0.6) is 0 Å². The molecule has 2 saturated carbocycles. The molecule has 5 unspecified atom stereocenters. The van der Waals surface area contributed by atoms with Gasteiger partial charge in [0.25, 0.3) is 0 Å². The lowest BCUT2D eigenvalue weighted by Gasteiger charge is -2.79. The monoisotopic (exact) mass is 180 g/mol. The van der Waals surface area contributed by atoms with E-state index in [1.807, 2.05) is 0 Å². The van der Waals surface area contributed by atoms with Gasteiger partial charge in [0, 0.05) is 0 Å². The summed E-state index contributed by atoms with van der Waals surface area (Å²) in [6, 6.07) is 0. The molecular weight excluding hydrogens is 156 g/mol. The Morgan fingerprint density at radius 2 is 1.54 bits per heavy atom. The van der Waals surface area contributed by atoms with E-state index in [9.17, 15) is 0 Å². The van der Waals surface area contributed by atoms with Crippen molar-refractivity contribution in [3.05, 3.63) is 0 Å². The van der Waals surface area contributed by atoms with Crippen molar-refractivity contribution >= 4 is 0 Å². The van der Waals surface area contributed by atoms with Gasteiger partial charge in [-0.15, -0.1) is 0 Å². The van der Waals surface area contributed by atoms with E-state index in [4.69, 9.17) is 0 Å². The Bertz CT molecular complexity index is 226. The van der Waals surface area contributed by atoms with E-state index in [1.165, 1.54) is 6.42 Å². The number of hydrogen-bond donors (Lipinski definition) is 0. The van der Waals surface area contributed by atoms with Gasteiger partial charge in [-0.2, -0.15) is 0 Å². The van der Waals surface area contributed by atoms with Crippen LogP contribution in [0.2, 0.25) is 0 Å². The molecule has 2 fully saturated rings. The Morgan fingerprint density at radius 1 is 1.00 bits per heavy atom. The molecule has 0 radical (unpaired) electrons. The van der Waals surface area contributed by atoms with Crippen molar-refractivity contribution in [3.8, 4) is 0 Å². The van der Waals surface area contributed by atoms with Crippen LogP contribution in [0.15, 0.2) is 0 Å². The molecule has 2 rings (SSSR count). The smallest absolute Gasteiger partial charge is 0.0210 e. The Kier molecular flexibility index (Phi) is 1.71. The average molecular weight is 180 g/mol. The summed E-state index contributed by atoms with van der Waals surface area (Å²) in [7, 11) is 0. The summed E-state index contributed by atoms with van der Waals surface area (Å²) in [5.41, 5.74) is 1.25. The maximum atomic E-state index is 2.52. The van der Waals surface area contributed by atoms with E-state index in [0.717, 1.165) is 23.7 Å². The molecule has 13 heavy (non-hydrogen) atoms. The summed E-state index contributed by atoms with van der Waals surface area (Å²) < 4.78 is 0. The molecule has 5 atom stereocenters. The van der Waals surface area contributed by atoms with Crippen LogP contribution >= 0.6 is 0 Å². The van der Waals surface area contributed by atoms with E-state index in [2.05, 4.69) is 41.5 Å². The summed E-state index contributed by atoms with van der Waals surface area (Å²) in [5, 5.41) is 0. The molecule has 0 nitrogen and oxygen atoms in total. The van der Waals surface area contributed by atoms with Crippen molar-refractivity contribution < 1.29 is 0 Å². The molecule has 0 bridgehead atoms. The summed E-state index contributed by atoms with van der Waals surface area (Å²) in [4.78, 5) is 0. The number of fused-ring (bicyclic) bond motifs is 1. The molecule has 0 N–H and O–H groups in total. The zero-order valence-electron chi connectivity index (χ0n) is 10.0. The SMILES string of the molecule is CCC1C(C)C2(C)C1C(C)C2(C)C. The molecule has 0 aliphatic heterocycles. The van der Waals surface area contributed by atoms with Gasteiger partial charge in [0.2, 0.25) is 0 Å². The van der Waals surface area contributed by atoms with Crippen molar-refractivity contribution in [1.29, 1.82) is 0 Å². The second-order valence-electron chi connectivity index (χ2n) is 6.18. The predicted molar refractivity (Wildman–Crippen MR) is 57.5 cm³/mol. The molecule has 2 aliphatic carbocycles. The second kappa shape index (κ2) is 2.32. The summed E-state index contributed by atoms with van der Waals surface area (Å²) in [6.07, 6.45) is 1.39. The zero-order chi connectivity index (χ0) is 10.0. The van der Waals surface area contributed by atoms with Gasteiger partial charge in [-0.05, 0) is 34.5 Å². The fraction of sp³-hybridized carbons (Fsp3) is 1.00. The highest BCUT2D eigenvalue weighted by Crippen LogP contribution is 2.78. The molecule has 0 saturated heterocycles. The summed E-state index contributed by atoms with van der Waals surface area (Å²) in [6.45, 7) is 14.7. The maximum Gasteiger partial charge on any atom is -0.0210 e. The van der Waals surface area contributed by atoms with Gasteiger partial charge in [0.15, 0.2) is 0 Å². The second-order valence-corrected chi connectivity index (χ2v) is 6.18. The Balaban J connectivity index is 2.24. The van der Waals surface area contributed by atoms with Gasteiger partial charge in [-0.1, -0.05) is 48.0 Å². The lowest BCUT2D eigenvalue weighted by atomic mass is 9.25. The summed E-state index contributed by atoms with van der Waals surface area (Å²) >= 11 is 0. The molecule has 0 spiro atoms. The molecule has 0 heteroatoms. The minimum Gasteiger partial charge on any atom is -0.0651 e. The van der Waals surface area contributed by atoms with Crippen LogP contribution < -0.4 is 0 Å². The van der Waals surface area contributed by atoms with Crippen LogP contribution in [0.3, 0.4) is 0 Å². The van der Waals surface area contributed by atoms with Gasteiger partial charge in [-0.25, -0.2) is 0 Å². The molecule has 0 aromatic carbocycles. The fourth-order valence-electron chi connectivity index (χ4n) is 4.74. The summed E-state index contributed by atoms with van der Waals surface area (Å²) in [5.74, 6) is 3.95. The van der Waals surface area contributed by atoms with Crippen molar-refractivity contribution in [2.75, 3.05) is 0 Å². The van der Waals surface area contributed by atoms with Gasteiger partial charge in [0.1, 0.15) is 0 Å². The molecule has 2 aliphatic rings. The van der Waals surface area contributed by atoms with Gasteiger partial charge >= 0.3 is 0 Å². The maximum absolute atomic E-state index is 2.52. The van der Waals surface area contributed by atoms with E-state index in [1.54, 1.807) is 0 Å². The van der Waals surface area contributed by atoms with Crippen LogP contribution in [0, 0.1) is 34.5 Å². The molecular formula is C13H24. The van der Waals surface area contributed by atoms with Crippen molar-refractivity contribution in [1.82, 2.24) is 0 Å². The number of rotatable bonds is 1.